The van der Waals surface area contributed by atoms with Crippen molar-refractivity contribution < 1.29 is 5.11 Å². The lowest BCUT2D eigenvalue weighted by molar-refractivity contribution is 0.148. The Balaban J connectivity index is 1.69. The number of piperazine rings is 1. The molecule has 2 N–H and O–H groups in total. The minimum atomic E-state index is 0.307. The van der Waals surface area contributed by atoms with Gasteiger partial charge in [0, 0.05) is 51.6 Å². The van der Waals surface area contributed by atoms with Gasteiger partial charge in [0.1, 0.15) is 0 Å². The van der Waals surface area contributed by atoms with Crippen LogP contribution in [0.1, 0.15) is 24.8 Å². The van der Waals surface area contributed by atoms with Crippen molar-refractivity contribution in [1.82, 2.24) is 9.80 Å². The molecule has 1 aromatic carbocycles. The maximum absolute atomic E-state index is 8.74. The number of hydrogen-bond donors (Lipinski definition) is 2. The molecule has 0 bridgehead atoms. The highest BCUT2D eigenvalue weighted by Gasteiger charge is 2.13. The van der Waals surface area contributed by atoms with Crippen LogP contribution in [0.4, 0.5) is 5.69 Å². The van der Waals surface area contributed by atoms with Crippen LogP contribution in [0.2, 0.25) is 0 Å². The fraction of sp³-hybridized carbons (Fsp3) is 0.647. The van der Waals surface area contributed by atoms with E-state index >= 15 is 0 Å². The van der Waals surface area contributed by atoms with Gasteiger partial charge in [0.05, 0.1) is 0 Å². The van der Waals surface area contributed by atoms with Crippen molar-refractivity contribution in [2.75, 3.05) is 51.7 Å². The van der Waals surface area contributed by atoms with E-state index in [0.29, 0.717) is 6.61 Å². The molecule has 0 aromatic heterocycles. The van der Waals surface area contributed by atoms with Crippen molar-refractivity contribution >= 4 is 5.69 Å². The molecule has 0 spiro atoms. The van der Waals surface area contributed by atoms with Crippen LogP contribution in [0.3, 0.4) is 0 Å². The average molecular weight is 291 g/mol. The van der Waals surface area contributed by atoms with Crippen LogP contribution in [0.5, 0.6) is 0 Å². The second-order valence-corrected chi connectivity index (χ2v) is 5.99. The van der Waals surface area contributed by atoms with Gasteiger partial charge in [-0.3, -0.25) is 4.90 Å². The number of nitrogens with one attached hydrogen (secondary N) is 1. The first-order valence-electron chi connectivity index (χ1n) is 8.12. The molecule has 2 rings (SSSR count). The molecule has 0 atom stereocenters. The van der Waals surface area contributed by atoms with Gasteiger partial charge in [0.25, 0.3) is 0 Å². The van der Waals surface area contributed by atoms with Crippen molar-refractivity contribution in [3.8, 4) is 0 Å². The number of unbranched alkanes of at least 4 members (excludes halogenated alkanes) is 2. The summed E-state index contributed by atoms with van der Waals surface area (Å²) in [5.74, 6) is 0. The number of anilines is 1. The van der Waals surface area contributed by atoms with E-state index in [1.165, 1.54) is 37.4 Å². The van der Waals surface area contributed by atoms with E-state index in [2.05, 4.69) is 46.4 Å². The lowest BCUT2D eigenvalue weighted by atomic mass is 10.1. The van der Waals surface area contributed by atoms with Crippen LogP contribution in [0, 0.1) is 0 Å². The first kappa shape index (κ1) is 16.3. The van der Waals surface area contributed by atoms with Crippen molar-refractivity contribution in [2.45, 2.75) is 25.8 Å². The third-order valence-corrected chi connectivity index (χ3v) is 4.12. The predicted octanol–water partition coefficient (Wildman–Crippen LogP) is 2.01. The van der Waals surface area contributed by atoms with Crippen LogP contribution in [-0.2, 0) is 6.54 Å². The van der Waals surface area contributed by atoms with Gasteiger partial charge >= 0.3 is 0 Å². The molecule has 0 amide bonds. The maximum Gasteiger partial charge on any atom is 0.0431 e. The SMILES string of the molecule is CN1CCN(Cc2ccc(NCCCCCO)cc2)CC1. The second-order valence-electron chi connectivity index (χ2n) is 5.99. The highest BCUT2D eigenvalue weighted by atomic mass is 16.2. The summed E-state index contributed by atoms with van der Waals surface area (Å²) in [7, 11) is 2.19. The Hall–Kier alpha value is -1.10. The number of nitrogens with zero attached hydrogens (tertiary/aromatic N) is 2. The van der Waals surface area contributed by atoms with Crippen LogP contribution in [0.25, 0.3) is 0 Å². The average Bonchev–Trinajstić information content (AvgIpc) is 2.51. The van der Waals surface area contributed by atoms with E-state index in [-0.39, 0.29) is 0 Å². The Morgan fingerprint density at radius 1 is 1.00 bits per heavy atom. The Morgan fingerprint density at radius 2 is 1.71 bits per heavy atom. The zero-order chi connectivity index (χ0) is 14.9. The topological polar surface area (TPSA) is 38.7 Å². The quantitative estimate of drug-likeness (QED) is 0.719. The molecule has 0 radical (unpaired) electrons. The summed E-state index contributed by atoms with van der Waals surface area (Å²) >= 11 is 0. The van der Waals surface area contributed by atoms with E-state index in [4.69, 9.17) is 5.11 Å². The molecule has 1 heterocycles. The Bertz CT molecular complexity index is 386. The molecule has 0 saturated carbocycles. The maximum atomic E-state index is 8.74. The summed E-state index contributed by atoms with van der Waals surface area (Å²) in [4.78, 5) is 4.91. The van der Waals surface area contributed by atoms with Crippen LogP contribution in [-0.4, -0.2) is 61.3 Å². The van der Waals surface area contributed by atoms with Crippen molar-refractivity contribution in [3.05, 3.63) is 29.8 Å². The largest absolute Gasteiger partial charge is 0.396 e. The summed E-state index contributed by atoms with van der Waals surface area (Å²) < 4.78 is 0. The molecule has 1 fully saturated rings. The Labute approximate surface area is 128 Å². The number of aliphatic hydroxyl groups is 1. The number of benzene rings is 1. The van der Waals surface area contributed by atoms with E-state index < -0.39 is 0 Å². The molecule has 1 saturated heterocycles. The summed E-state index contributed by atoms with van der Waals surface area (Å²) in [5, 5.41) is 12.2. The van der Waals surface area contributed by atoms with Crippen molar-refractivity contribution in [1.29, 1.82) is 0 Å². The lowest BCUT2D eigenvalue weighted by Crippen LogP contribution is -2.43. The molecule has 4 nitrogen and oxygen atoms in total. The number of hydrogen-bond acceptors (Lipinski definition) is 4. The van der Waals surface area contributed by atoms with E-state index in [0.717, 1.165) is 32.4 Å². The summed E-state index contributed by atoms with van der Waals surface area (Å²) in [6.45, 7) is 7.03. The first-order chi connectivity index (χ1) is 10.3. The molecule has 0 unspecified atom stereocenters. The van der Waals surface area contributed by atoms with Crippen LogP contribution < -0.4 is 5.32 Å². The Kier molecular flexibility index (Phi) is 7.00. The molecule has 0 aliphatic carbocycles. The lowest BCUT2D eigenvalue weighted by Gasteiger charge is -2.32. The van der Waals surface area contributed by atoms with E-state index in [9.17, 15) is 0 Å². The highest BCUT2D eigenvalue weighted by molar-refractivity contribution is 5.44. The van der Waals surface area contributed by atoms with Gasteiger partial charge in [-0.05, 0) is 44.0 Å². The first-order valence-corrected chi connectivity index (χ1v) is 8.12. The summed E-state index contributed by atoms with van der Waals surface area (Å²) in [6, 6.07) is 8.82. The van der Waals surface area contributed by atoms with E-state index in [1.54, 1.807) is 0 Å². The summed E-state index contributed by atoms with van der Waals surface area (Å²) in [5.41, 5.74) is 2.59. The number of likely N-dealkylation sites (N-methyl/N-ethyl adjacent to an activating group) is 1. The van der Waals surface area contributed by atoms with Gasteiger partial charge in [0.2, 0.25) is 0 Å². The molecule has 118 valence electrons. The van der Waals surface area contributed by atoms with Gasteiger partial charge in [-0.15, -0.1) is 0 Å². The molecule has 1 aliphatic heterocycles. The van der Waals surface area contributed by atoms with E-state index in [1.807, 2.05) is 0 Å². The molecule has 21 heavy (non-hydrogen) atoms. The molecular formula is C17H29N3O. The zero-order valence-electron chi connectivity index (χ0n) is 13.2. The summed E-state index contributed by atoms with van der Waals surface area (Å²) in [6.07, 6.45) is 3.11. The third-order valence-electron chi connectivity index (χ3n) is 4.12. The molecular weight excluding hydrogens is 262 g/mol. The smallest absolute Gasteiger partial charge is 0.0431 e. The van der Waals surface area contributed by atoms with Gasteiger partial charge < -0.3 is 15.3 Å². The standard InChI is InChI=1S/C17H29N3O/c1-19-10-12-20(13-11-19)15-16-5-7-17(8-6-16)18-9-3-2-4-14-21/h5-8,18,21H,2-4,9-15H2,1H3. The fourth-order valence-electron chi connectivity index (χ4n) is 2.64. The molecule has 1 aliphatic rings. The van der Waals surface area contributed by atoms with Gasteiger partial charge in [-0.25, -0.2) is 0 Å². The minimum absolute atomic E-state index is 0.307. The monoisotopic (exact) mass is 291 g/mol. The van der Waals surface area contributed by atoms with Crippen LogP contribution >= 0.6 is 0 Å². The second kappa shape index (κ2) is 9.03. The van der Waals surface area contributed by atoms with Gasteiger partial charge in [-0.1, -0.05) is 12.1 Å². The Morgan fingerprint density at radius 3 is 2.38 bits per heavy atom. The minimum Gasteiger partial charge on any atom is -0.396 e. The van der Waals surface area contributed by atoms with Crippen LogP contribution in [0.15, 0.2) is 24.3 Å². The predicted molar refractivity (Wildman–Crippen MR) is 88.6 cm³/mol. The normalized spacial score (nSPS) is 17.0. The molecule has 4 heteroatoms. The number of aliphatic hydroxyl groups excluding tert-OH is 1. The van der Waals surface area contributed by atoms with Gasteiger partial charge in [0.15, 0.2) is 0 Å². The zero-order valence-corrected chi connectivity index (χ0v) is 13.2. The fourth-order valence-corrected chi connectivity index (χ4v) is 2.64. The third kappa shape index (κ3) is 6.04. The number of rotatable bonds is 8. The van der Waals surface area contributed by atoms with Gasteiger partial charge in [-0.2, -0.15) is 0 Å². The highest BCUT2D eigenvalue weighted by Crippen LogP contribution is 2.13. The molecule has 1 aromatic rings. The van der Waals surface area contributed by atoms with Crippen molar-refractivity contribution in [2.24, 2.45) is 0 Å². The van der Waals surface area contributed by atoms with Crippen molar-refractivity contribution in [3.63, 3.8) is 0 Å².